The van der Waals surface area contributed by atoms with Crippen LogP contribution in [0.4, 0.5) is 4.79 Å². The third kappa shape index (κ3) is 7.29. The highest BCUT2D eigenvalue weighted by molar-refractivity contribution is 5.89. The summed E-state index contributed by atoms with van der Waals surface area (Å²) in [6.07, 6.45) is 0.533. The van der Waals surface area contributed by atoms with Crippen LogP contribution in [0.3, 0.4) is 0 Å². The maximum atomic E-state index is 12.6. The summed E-state index contributed by atoms with van der Waals surface area (Å²) in [5.74, 6) is -2.02. The summed E-state index contributed by atoms with van der Waals surface area (Å²) >= 11 is 0. The Morgan fingerprint density at radius 2 is 1.52 bits per heavy atom. The van der Waals surface area contributed by atoms with Gasteiger partial charge in [0, 0.05) is 0 Å². The van der Waals surface area contributed by atoms with Crippen LogP contribution in [-0.4, -0.2) is 35.2 Å². The Bertz CT molecular complexity index is 620. The summed E-state index contributed by atoms with van der Waals surface area (Å²) in [7, 11) is 0. The van der Waals surface area contributed by atoms with E-state index in [4.69, 9.17) is 4.74 Å². The van der Waals surface area contributed by atoms with Crippen molar-refractivity contribution in [1.82, 2.24) is 10.6 Å². The molecule has 0 aliphatic heterocycles. The molecule has 3 N–H and O–H groups in total. The largest absolute Gasteiger partial charge is 0.480 e. The number of nitrogens with one attached hydrogen (secondary N) is 2. The van der Waals surface area contributed by atoms with E-state index in [1.165, 1.54) is 0 Å². The van der Waals surface area contributed by atoms with Gasteiger partial charge in [-0.3, -0.25) is 4.79 Å². The SMILES string of the molecule is CCC(C)C(NC(=O)OCc1ccccc1)C(=O)N[C@H](C(=O)O)C(C)CC. The fraction of sp³-hybridized carbons (Fsp3) is 0.550. The number of carbonyl (C=O) groups excluding carboxylic acids is 2. The van der Waals surface area contributed by atoms with Crippen molar-refractivity contribution in [2.45, 2.75) is 59.2 Å². The number of hydrogen-bond acceptors (Lipinski definition) is 4. The monoisotopic (exact) mass is 378 g/mol. The zero-order chi connectivity index (χ0) is 20.4. The molecule has 1 aromatic rings. The number of aliphatic carboxylic acids is 1. The number of carbonyl (C=O) groups is 3. The molecular formula is C20H30N2O5. The van der Waals surface area contributed by atoms with Gasteiger partial charge in [-0.25, -0.2) is 9.59 Å². The predicted molar refractivity (Wildman–Crippen MR) is 102 cm³/mol. The smallest absolute Gasteiger partial charge is 0.408 e. The van der Waals surface area contributed by atoms with Gasteiger partial charge in [0.2, 0.25) is 5.91 Å². The van der Waals surface area contributed by atoms with Crippen molar-refractivity contribution in [3.8, 4) is 0 Å². The van der Waals surface area contributed by atoms with Gasteiger partial charge in [0.15, 0.2) is 0 Å². The highest BCUT2D eigenvalue weighted by Gasteiger charge is 2.32. The Kier molecular flexibility index (Phi) is 9.33. The lowest BCUT2D eigenvalue weighted by Crippen LogP contribution is -2.55. The van der Waals surface area contributed by atoms with Crippen LogP contribution in [0.2, 0.25) is 0 Å². The van der Waals surface area contributed by atoms with Crippen LogP contribution >= 0.6 is 0 Å². The Hall–Kier alpha value is -2.57. The van der Waals surface area contributed by atoms with Crippen LogP contribution in [0.5, 0.6) is 0 Å². The van der Waals surface area contributed by atoms with E-state index in [1.54, 1.807) is 6.92 Å². The molecule has 0 aromatic heterocycles. The molecule has 4 atom stereocenters. The minimum atomic E-state index is -1.09. The number of rotatable bonds is 10. The summed E-state index contributed by atoms with van der Waals surface area (Å²) in [6, 6.07) is 7.33. The number of carboxylic acid groups (broad SMARTS) is 1. The highest BCUT2D eigenvalue weighted by atomic mass is 16.5. The van der Waals surface area contributed by atoms with E-state index in [1.807, 2.05) is 51.1 Å². The third-order valence-corrected chi connectivity index (χ3v) is 4.76. The summed E-state index contributed by atoms with van der Waals surface area (Å²) in [6.45, 7) is 7.43. The molecule has 0 spiro atoms. The minimum absolute atomic E-state index is 0.0894. The lowest BCUT2D eigenvalue weighted by molar-refractivity contribution is -0.143. The molecule has 0 aliphatic rings. The Morgan fingerprint density at radius 1 is 0.963 bits per heavy atom. The van der Waals surface area contributed by atoms with Gasteiger partial charge >= 0.3 is 12.1 Å². The fourth-order valence-corrected chi connectivity index (χ4v) is 2.52. The van der Waals surface area contributed by atoms with Crippen LogP contribution in [0, 0.1) is 11.8 Å². The Morgan fingerprint density at radius 3 is 2.04 bits per heavy atom. The van der Waals surface area contributed by atoms with E-state index in [0.29, 0.717) is 12.8 Å². The van der Waals surface area contributed by atoms with E-state index in [9.17, 15) is 19.5 Å². The van der Waals surface area contributed by atoms with E-state index in [-0.39, 0.29) is 18.4 Å². The second-order valence-electron chi connectivity index (χ2n) is 6.78. The lowest BCUT2D eigenvalue weighted by atomic mass is 9.95. The van der Waals surface area contributed by atoms with Crippen molar-refractivity contribution >= 4 is 18.0 Å². The van der Waals surface area contributed by atoms with Crippen LogP contribution < -0.4 is 10.6 Å². The molecule has 0 bridgehead atoms. The molecule has 150 valence electrons. The molecule has 0 saturated heterocycles. The van der Waals surface area contributed by atoms with Gasteiger partial charge < -0.3 is 20.5 Å². The molecule has 7 heteroatoms. The zero-order valence-electron chi connectivity index (χ0n) is 16.4. The van der Waals surface area contributed by atoms with E-state index in [2.05, 4.69) is 10.6 Å². The summed E-state index contributed by atoms with van der Waals surface area (Å²) in [4.78, 5) is 36.2. The standard InChI is InChI=1S/C20H30N2O5/c1-5-13(3)16(18(23)21-17(19(24)25)14(4)6-2)22-20(26)27-12-15-10-8-7-9-11-15/h7-11,13-14,16-17H,5-6,12H2,1-4H3,(H,21,23)(H,22,26)(H,24,25)/t13?,14?,16?,17-/m0/s1. The average molecular weight is 378 g/mol. The fourth-order valence-electron chi connectivity index (χ4n) is 2.52. The second-order valence-corrected chi connectivity index (χ2v) is 6.78. The van der Waals surface area contributed by atoms with Crippen molar-refractivity contribution in [2.75, 3.05) is 0 Å². The maximum absolute atomic E-state index is 12.6. The number of benzene rings is 1. The maximum Gasteiger partial charge on any atom is 0.408 e. The first-order chi connectivity index (χ1) is 12.8. The molecule has 7 nitrogen and oxygen atoms in total. The van der Waals surface area contributed by atoms with Crippen LogP contribution in [0.25, 0.3) is 0 Å². The van der Waals surface area contributed by atoms with Gasteiger partial charge in [0.05, 0.1) is 0 Å². The quantitative estimate of drug-likeness (QED) is 0.581. The highest BCUT2D eigenvalue weighted by Crippen LogP contribution is 2.12. The van der Waals surface area contributed by atoms with Crippen LogP contribution in [0.1, 0.15) is 46.1 Å². The summed E-state index contributed by atoms with van der Waals surface area (Å²) in [5, 5.41) is 14.5. The van der Waals surface area contributed by atoms with E-state index in [0.717, 1.165) is 5.56 Å². The van der Waals surface area contributed by atoms with Gasteiger partial charge in [0.25, 0.3) is 0 Å². The molecule has 0 radical (unpaired) electrons. The van der Waals surface area contributed by atoms with Gasteiger partial charge in [-0.2, -0.15) is 0 Å². The zero-order valence-corrected chi connectivity index (χ0v) is 16.4. The summed E-state index contributed by atoms with van der Waals surface area (Å²) < 4.78 is 5.18. The average Bonchev–Trinajstić information content (AvgIpc) is 2.67. The molecular weight excluding hydrogens is 348 g/mol. The second kappa shape index (κ2) is 11.2. The molecule has 1 aromatic carbocycles. The first kappa shape index (κ1) is 22.5. The van der Waals surface area contributed by atoms with Crippen molar-refractivity contribution in [3.63, 3.8) is 0 Å². The predicted octanol–water partition coefficient (Wildman–Crippen LogP) is 2.94. The van der Waals surface area contributed by atoms with Crippen molar-refractivity contribution in [3.05, 3.63) is 35.9 Å². The Labute approximate surface area is 160 Å². The number of amides is 2. The molecule has 2 amide bonds. The van der Waals surface area contributed by atoms with Crippen molar-refractivity contribution in [1.29, 1.82) is 0 Å². The summed E-state index contributed by atoms with van der Waals surface area (Å²) in [5.41, 5.74) is 0.833. The molecule has 1 rings (SSSR count). The molecule has 27 heavy (non-hydrogen) atoms. The Balaban J connectivity index is 2.74. The first-order valence-corrected chi connectivity index (χ1v) is 9.30. The molecule has 0 saturated carbocycles. The lowest BCUT2D eigenvalue weighted by Gasteiger charge is -2.27. The number of alkyl carbamates (subject to hydrolysis) is 1. The van der Waals surface area contributed by atoms with Gasteiger partial charge in [-0.15, -0.1) is 0 Å². The van der Waals surface area contributed by atoms with Crippen LogP contribution in [0.15, 0.2) is 30.3 Å². The van der Waals surface area contributed by atoms with Crippen molar-refractivity contribution in [2.24, 2.45) is 11.8 Å². The topological polar surface area (TPSA) is 105 Å². The number of carboxylic acids is 1. The third-order valence-electron chi connectivity index (χ3n) is 4.76. The van der Waals surface area contributed by atoms with Crippen molar-refractivity contribution < 1.29 is 24.2 Å². The van der Waals surface area contributed by atoms with Gasteiger partial charge in [0.1, 0.15) is 18.7 Å². The molecule has 3 unspecified atom stereocenters. The first-order valence-electron chi connectivity index (χ1n) is 9.30. The molecule has 0 heterocycles. The normalized spacial score (nSPS) is 15.1. The number of hydrogen-bond donors (Lipinski definition) is 3. The molecule has 0 aliphatic carbocycles. The molecule has 0 fully saturated rings. The van der Waals surface area contributed by atoms with Gasteiger partial charge in [-0.05, 0) is 17.4 Å². The number of ether oxygens (including phenoxy) is 1. The van der Waals surface area contributed by atoms with Gasteiger partial charge in [-0.1, -0.05) is 70.9 Å². The van der Waals surface area contributed by atoms with E-state index >= 15 is 0 Å². The van der Waals surface area contributed by atoms with E-state index < -0.39 is 30.1 Å². The van der Waals surface area contributed by atoms with Crippen LogP contribution in [-0.2, 0) is 20.9 Å². The minimum Gasteiger partial charge on any atom is -0.480 e.